The molecule has 0 aliphatic carbocycles. The van der Waals surface area contributed by atoms with Crippen molar-refractivity contribution in [1.29, 1.82) is 0 Å². The van der Waals surface area contributed by atoms with Crippen molar-refractivity contribution in [3.05, 3.63) is 0 Å². The molecule has 0 rings (SSSR count). The van der Waals surface area contributed by atoms with Crippen molar-refractivity contribution < 1.29 is 13.7 Å². The molecule has 3 nitrogen and oxygen atoms in total. The SMILES string of the molecule is CCCCCCCC(=O)[O-].[O]=[Al+]. The van der Waals surface area contributed by atoms with Crippen LogP contribution in [0.1, 0.15) is 45.4 Å². The monoisotopic (exact) mass is 186 g/mol. The van der Waals surface area contributed by atoms with E-state index in [1.165, 1.54) is 29.1 Å². The molecule has 0 N–H and O–H groups in total. The number of hydrogen-bond donors (Lipinski definition) is 0. The van der Waals surface area contributed by atoms with Gasteiger partial charge in [-0.3, -0.25) is 0 Å². The van der Waals surface area contributed by atoms with Gasteiger partial charge in [0, 0.05) is 5.97 Å². The van der Waals surface area contributed by atoms with Crippen LogP contribution in [0.5, 0.6) is 0 Å². The maximum absolute atomic E-state index is 9.92. The van der Waals surface area contributed by atoms with E-state index < -0.39 is 5.97 Å². The Morgan fingerprint density at radius 1 is 1.17 bits per heavy atom. The second kappa shape index (κ2) is 13.4. The first-order valence-electron chi connectivity index (χ1n) is 4.20. The van der Waals surface area contributed by atoms with E-state index >= 15 is 0 Å². The molecule has 12 heavy (non-hydrogen) atoms. The summed E-state index contributed by atoms with van der Waals surface area (Å²) >= 11 is 1.17. The van der Waals surface area contributed by atoms with Crippen molar-refractivity contribution in [2.24, 2.45) is 0 Å². The fourth-order valence-electron chi connectivity index (χ4n) is 0.873. The Morgan fingerprint density at radius 2 is 1.67 bits per heavy atom. The fraction of sp³-hybridized carbons (Fsp3) is 0.875. The average molecular weight is 186 g/mol. The van der Waals surface area contributed by atoms with Gasteiger partial charge < -0.3 is 9.90 Å². The molecule has 0 radical (unpaired) electrons. The number of carboxylic acid groups (broad SMARTS) is 1. The van der Waals surface area contributed by atoms with Gasteiger partial charge in [-0.1, -0.05) is 32.6 Å². The summed E-state index contributed by atoms with van der Waals surface area (Å²) in [6.45, 7) is 2.14. The van der Waals surface area contributed by atoms with Gasteiger partial charge in [0.15, 0.2) is 0 Å². The predicted molar refractivity (Wildman–Crippen MR) is 44.8 cm³/mol. The van der Waals surface area contributed by atoms with Crippen molar-refractivity contribution in [2.45, 2.75) is 45.4 Å². The van der Waals surface area contributed by atoms with Crippen LogP contribution in [0.2, 0.25) is 0 Å². The first kappa shape index (κ1) is 14.3. The van der Waals surface area contributed by atoms with Crippen molar-refractivity contribution in [3.63, 3.8) is 0 Å². The summed E-state index contributed by atoms with van der Waals surface area (Å²) in [5, 5.41) is 9.92. The van der Waals surface area contributed by atoms with Crippen LogP contribution in [0.15, 0.2) is 0 Å². The zero-order chi connectivity index (χ0) is 9.82. The molecule has 68 valence electrons. The Morgan fingerprint density at radius 3 is 2.08 bits per heavy atom. The van der Waals surface area contributed by atoms with Gasteiger partial charge in [-0.2, -0.15) is 0 Å². The van der Waals surface area contributed by atoms with Gasteiger partial charge >= 0.3 is 20.0 Å². The summed E-state index contributed by atoms with van der Waals surface area (Å²) < 4.78 is 8.17. The second-order valence-corrected chi connectivity index (χ2v) is 2.54. The van der Waals surface area contributed by atoms with Crippen molar-refractivity contribution in [3.8, 4) is 0 Å². The van der Waals surface area contributed by atoms with Crippen LogP contribution in [0.4, 0.5) is 0 Å². The maximum atomic E-state index is 9.92. The van der Waals surface area contributed by atoms with Crippen molar-refractivity contribution >= 4 is 22.2 Å². The van der Waals surface area contributed by atoms with Gasteiger partial charge in [0.25, 0.3) is 0 Å². The summed E-state index contributed by atoms with van der Waals surface area (Å²) in [4.78, 5) is 9.92. The number of aliphatic carboxylic acids is 1. The number of unbranched alkanes of at least 4 members (excludes halogenated alkanes) is 4. The van der Waals surface area contributed by atoms with Crippen LogP contribution in [0.25, 0.3) is 0 Å². The van der Waals surface area contributed by atoms with Crippen LogP contribution in [0.3, 0.4) is 0 Å². The summed E-state index contributed by atoms with van der Waals surface area (Å²) in [6.07, 6.45) is 5.61. The van der Waals surface area contributed by atoms with E-state index in [-0.39, 0.29) is 6.42 Å². The van der Waals surface area contributed by atoms with Crippen molar-refractivity contribution in [2.75, 3.05) is 0 Å². The van der Waals surface area contributed by atoms with Gasteiger partial charge in [-0.25, -0.2) is 0 Å². The van der Waals surface area contributed by atoms with Gasteiger partial charge in [0.1, 0.15) is 0 Å². The molecular weight excluding hydrogens is 171 g/mol. The molecule has 0 aromatic heterocycles. The molecular formula is C8H15AlO3. The van der Waals surface area contributed by atoms with E-state index in [4.69, 9.17) is 3.80 Å². The summed E-state index contributed by atoms with van der Waals surface area (Å²) in [5.74, 6) is -0.920. The minimum absolute atomic E-state index is 0.226. The van der Waals surface area contributed by atoms with Crippen molar-refractivity contribution in [1.82, 2.24) is 0 Å². The van der Waals surface area contributed by atoms with Crippen LogP contribution >= 0.6 is 0 Å². The van der Waals surface area contributed by atoms with E-state index in [1.54, 1.807) is 0 Å². The van der Waals surface area contributed by atoms with Gasteiger partial charge in [0.2, 0.25) is 0 Å². The van der Waals surface area contributed by atoms with Gasteiger partial charge in [0.05, 0.1) is 0 Å². The third-order valence-corrected chi connectivity index (χ3v) is 1.48. The Kier molecular flexibility index (Phi) is 16.0. The normalized spacial score (nSPS) is 8.58. The van der Waals surface area contributed by atoms with Crippen LogP contribution < -0.4 is 5.11 Å². The zero-order valence-corrected chi connectivity index (χ0v) is 8.70. The molecule has 0 saturated heterocycles. The van der Waals surface area contributed by atoms with E-state index in [2.05, 4.69) is 6.92 Å². The van der Waals surface area contributed by atoms with E-state index in [9.17, 15) is 9.90 Å². The molecule has 0 aromatic carbocycles. The third kappa shape index (κ3) is 16.4. The quantitative estimate of drug-likeness (QED) is 0.450. The molecule has 0 fully saturated rings. The molecule has 4 heteroatoms. The number of carboxylic acids is 1. The van der Waals surface area contributed by atoms with Crippen LogP contribution in [0, 0.1) is 0 Å². The first-order valence-corrected chi connectivity index (χ1v) is 4.68. The molecule has 0 aromatic rings. The number of hydrogen-bond acceptors (Lipinski definition) is 3. The molecule has 0 spiro atoms. The van der Waals surface area contributed by atoms with Gasteiger partial charge in [-0.15, -0.1) is 0 Å². The zero-order valence-electron chi connectivity index (χ0n) is 7.54. The number of carbonyl (C=O) groups is 1. The Labute approximate surface area is 81.8 Å². The third-order valence-electron chi connectivity index (χ3n) is 1.48. The fourth-order valence-corrected chi connectivity index (χ4v) is 0.873. The summed E-state index contributed by atoms with van der Waals surface area (Å²) in [7, 11) is 0. The number of rotatable bonds is 6. The Balaban J connectivity index is 0. The molecule has 0 bridgehead atoms. The van der Waals surface area contributed by atoms with Gasteiger partial charge in [-0.05, 0) is 12.8 Å². The molecule has 0 heterocycles. The molecule has 0 aliphatic rings. The molecule has 0 aliphatic heterocycles. The summed E-state index contributed by atoms with van der Waals surface area (Å²) in [5.41, 5.74) is 0. The predicted octanol–water partition coefficient (Wildman–Crippen LogP) is 0.597. The minimum atomic E-state index is -0.920. The Hall–Kier alpha value is -0.198. The van der Waals surface area contributed by atoms with Crippen LogP contribution in [-0.2, 0) is 8.60 Å². The first-order chi connectivity index (χ1) is 5.77. The molecule has 0 unspecified atom stereocenters. The van der Waals surface area contributed by atoms with E-state index in [1.807, 2.05) is 0 Å². The Bertz CT molecular complexity index is 106. The second-order valence-electron chi connectivity index (χ2n) is 2.54. The molecule has 0 atom stereocenters. The van der Waals surface area contributed by atoms with E-state index in [0.29, 0.717) is 0 Å². The average Bonchev–Trinajstić information content (AvgIpc) is 2.07. The topological polar surface area (TPSA) is 57.2 Å². The van der Waals surface area contributed by atoms with Crippen LogP contribution in [-0.4, -0.2) is 22.2 Å². The molecule has 0 saturated carbocycles. The standard InChI is InChI=1S/C8H16O2.Al.O/c1-2-3-4-5-6-7-8(9)10;;/h2-7H2,1H3,(H,9,10);;/q;+1;/p-1. The number of carbonyl (C=O) groups excluding carboxylic acids is 1. The van der Waals surface area contributed by atoms with E-state index in [0.717, 1.165) is 19.3 Å². The summed E-state index contributed by atoms with van der Waals surface area (Å²) in [6, 6.07) is 0. The molecule has 0 amide bonds.